The number of halogens is 1. The largest absolute Gasteiger partial charge is 0.494 e. The van der Waals surface area contributed by atoms with Crippen LogP contribution in [0.25, 0.3) is 0 Å². The van der Waals surface area contributed by atoms with Crippen LogP contribution in [0.2, 0.25) is 0 Å². The number of benzene rings is 1. The van der Waals surface area contributed by atoms with E-state index in [0.29, 0.717) is 12.4 Å². The second-order valence-corrected chi connectivity index (χ2v) is 7.73. The molecule has 6 heteroatoms. The van der Waals surface area contributed by atoms with E-state index in [4.69, 9.17) is 4.74 Å². The van der Waals surface area contributed by atoms with E-state index in [9.17, 15) is 8.42 Å². The minimum absolute atomic E-state index is 0.311. The standard InChI is InChI=1S/C13H20BrNO3S/c1-5-18-12-7-6-10(14)8-11(12)13(15-3)9(2)19(4,16)17/h6-9,13,15H,5H2,1-4H3. The van der Waals surface area contributed by atoms with Gasteiger partial charge in [-0.05, 0) is 39.1 Å². The molecule has 0 spiro atoms. The van der Waals surface area contributed by atoms with E-state index < -0.39 is 15.1 Å². The maximum atomic E-state index is 11.8. The lowest BCUT2D eigenvalue weighted by Gasteiger charge is -2.25. The number of nitrogens with one attached hydrogen (secondary N) is 1. The van der Waals surface area contributed by atoms with Gasteiger partial charge in [0.25, 0.3) is 0 Å². The lowest BCUT2D eigenvalue weighted by molar-refractivity contribution is 0.331. The van der Waals surface area contributed by atoms with Crippen molar-refractivity contribution in [1.82, 2.24) is 5.32 Å². The first-order chi connectivity index (χ1) is 8.81. The van der Waals surface area contributed by atoms with Crippen molar-refractivity contribution in [3.8, 4) is 5.75 Å². The maximum Gasteiger partial charge on any atom is 0.151 e. The maximum absolute atomic E-state index is 11.8. The summed E-state index contributed by atoms with van der Waals surface area (Å²) in [6.07, 6.45) is 1.25. The molecule has 1 aromatic carbocycles. The summed E-state index contributed by atoms with van der Waals surface area (Å²) in [5.74, 6) is 0.709. The van der Waals surface area contributed by atoms with Crippen LogP contribution in [0.15, 0.2) is 22.7 Å². The van der Waals surface area contributed by atoms with Crippen molar-refractivity contribution < 1.29 is 13.2 Å². The Labute approximate surface area is 123 Å². The van der Waals surface area contributed by atoms with Crippen molar-refractivity contribution in [2.75, 3.05) is 19.9 Å². The fourth-order valence-electron chi connectivity index (χ4n) is 1.94. The van der Waals surface area contributed by atoms with Gasteiger partial charge in [0.05, 0.1) is 17.9 Å². The highest BCUT2D eigenvalue weighted by molar-refractivity contribution is 9.10. The summed E-state index contributed by atoms with van der Waals surface area (Å²) in [6, 6.07) is 5.32. The fraction of sp³-hybridized carbons (Fsp3) is 0.538. The molecule has 0 aromatic heterocycles. The molecule has 1 rings (SSSR count). The van der Waals surface area contributed by atoms with Crippen molar-refractivity contribution in [3.63, 3.8) is 0 Å². The highest BCUT2D eigenvalue weighted by atomic mass is 79.9. The lowest BCUT2D eigenvalue weighted by Crippen LogP contribution is -2.33. The molecule has 0 fully saturated rings. The molecule has 2 unspecified atom stereocenters. The van der Waals surface area contributed by atoms with Crippen molar-refractivity contribution in [2.24, 2.45) is 0 Å². The highest BCUT2D eigenvalue weighted by Crippen LogP contribution is 2.32. The first kappa shape index (κ1) is 16.5. The molecular weight excluding hydrogens is 330 g/mol. The van der Waals surface area contributed by atoms with Crippen molar-refractivity contribution in [1.29, 1.82) is 0 Å². The van der Waals surface area contributed by atoms with Gasteiger partial charge in [-0.3, -0.25) is 0 Å². The number of sulfone groups is 1. The Morgan fingerprint density at radius 2 is 2.05 bits per heavy atom. The lowest BCUT2D eigenvalue weighted by atomic mass is 10.0. The third kappa shape index (κ3) is 4.19. The Morgan fingerprint density at radius 1 is 1.42 bits per heavy atom. The van der Waals surface area contributed by atoms with E-state index in [2.05, 4.69) is 21.2 Å². The first-order valence-electron chi connectivity index (χ1n) is 6.09. The van der Waals surface area contributed by atoms with Gasteiger partial charge in [0.15, 0.2) is 9.84 Å². The first-order valence-corrected chi connectivity index (χ1v) is 8.84. The number of hydrogen-bond acceptors (Lipinski definition) is 4. The molecule has 0 bridgehead atoms. The van der Waals surface area contributed by atoms with Crippen molar-refractivity contribution >= 4 is 25.8 Å². The summed E-state index contributed by atoms with van der Waals surface area (Å²) in [7, 11) is -1.39. The third-order valence-corrected chi connectivity index (χ3v) is 5.18. The fourth-order valence-corrected chi connectivity index (χ4v) is 3.10. The van der Waals surface area contributed by atoms with Gasteiger partial charge >= 0.3 is 0 Å². The smallest absolute Gasteiger partial charge is 0.151 e. The van der Waals surface area contributed by atoms with Crippen LogP contribution in [0.1, 0.15) is 25.5 Å². The van der Waals surface area contributed by atoms with Crippen LogP contribution in [0.5, 0.6) is 5.75 Å². The summed E-state index contributed by atoms with van der Waals surface area (Å²) >= 11 is 3.41. The van der Waals surface area contributed by atoms with Crippen LogP contribution in [-0.4, -0.2) is 33.6 Å². The van der Waals surface area contributed by atoms with Crippen LogP contribution < -0.4 is 10.1 Å². The summed E-state index contributed by atoms with van der Waals surface area (Å²) in [5.41, 5.74) is 0.844. The quantitative estimate of drug-likeness (QED) is 0.857. The Bertz CT molecular complexity index is 531. The Kier molecular flexibility index (Phi) is 5.82. The predicted molar refractivity (Wildman–Crippen MR) is 81.4 cm³/mol. The molecule has 1 aromatic rings. The molecule has 2 atom stereocenters. The van der Waals surface area contributed by atoms with Crippen molar-refractivity contribution in [3.05, 3.63) is 28.2 Å². The van der Waals surface area contributed by atoms with Gasteiger partial charge in [-0.1, -0.05) is 15.9 Å². The van der Waals surface area contributed by atoms with E-state index in [1.165, 1.54) is 6.26 Å². The summed E-state index contributed by atoms with van der Waals surface area (Å²) in [6.45, 7) is 4.14. The van der Waals surface area contributed by atoms with E-state index in [0.717, 1.165) is 10.0 Å². The van der Waals surface area contributed by atoms with E-state index in [1.807, 2.05) is 25.1 Å². The van der Waals surface area contributed by atoms with Crippen LogP contribution in [0.4, 0.5) is 0 Å². The average molecular weight is 350 g/mol. The molecule has 0 saturated heterocycles. The molecule has 0 aliphatic heterocycles. The Morgan fingerprint density at radius 3 is 2.53 bits per heavy atom. The number of hydrogen-bond donors (Lipinski definition) is 1. The van der Waals surface area contributed by atoms with Crippen LogP contribution in [0, 0.1) is 0 Å². The van der Waals surface area contributed by atoms with E-state index in [1.54, 1.807) is 14.0 Å². The number of rotatable bonds is 6. The molecule has 0 radical (unpaired) electrons. The minimum atomic E-state index is -3.14. The van der Waals surface area contributed by atoms with Crippen LogP contribution in [-0.2, 0) is 9.84 Å². The minimum Gasteiger partial charge on any atom is -0.494 e. The zero-order chi connectivity index (χ0) is 14.6. The Hall–Kier alpha value is -0.590. The van der Waals surface area contributed by atoms with Crippen LogP contribution >= 0.6 is 15.9 Å². The third-order valence-electron chi connectivity index (χ3n) is 3.06. The predicted octanol–water partition coefficient (Wildman–Crippen LogP) is 2.54. The van der Waals surface area contributed by atoms with Gasteiger partial charge in [0.2, 0.25) is 0 Å². The molecule has 108 valence electrons. The summed E-state index contributed by atoms with van der Waals surface area (Å²) < 4.78 is 30.0. The van der Waals surface area contributed by atoms with E-state index in [-0.39, 0.29) is 6.04 Å². The van der Waals surface area contributed by atoms with Crippen molar-refractivity contribution in [2.45, 2.75) is 25.1 Å². The molecule has 19 heavy (non-hydrogen) atoms. The summed E-state index contributed by atoms with van der Waals surface area (Å²) in [4.78, 5) is 0. The van der Waals surface area contributed by atoms with Gasteiger partial charge in [0.1, 0.15) is 5.75 Å². The topological polar surface area (TPSA) is 55.4 Å². The van der Waals surface area contributed by atoms with Gasteiger partial charge in [-0.15, -0.1) is 0 Å². The zero-order valence-electron chi connectivity index (χ0n) is 11.6. The molecule has 0 heterocycles. The second-order valence-electron chi connectivity index (χ2n) is 4.42. The number of ether oxygens (including phenoxy) is 1. The molecule has 0 saturated carbocycles. The summed E-state index contributed by atoms with van der Waals surface area (Å²) in [5, 5.41) is 2.53. The monoisotopic (exact) mass is 349 g/mol. The second kappa shape index (κ2) is 6.72. The van der Waals surface area contributed by atoms with Gasteiger partial charge in [0, 0.05) is 16.3 Å². The van der Waals surface area contributed by atoms with E-state index >= 15 is 0 Å². The molecule has 0 aliphatic carbocycles. The van der Waals surface area contributed by atoms with Crippen LogP contribution in [0.3, 0.4) is 0 Å². The van der Waals surface area contributed by atoms with Gasteiger partial charge in [-0.2, -0.15) is 0 Å². The normalized spacial score (nSPS) is 15.0. The van der Waals surface area contributed by atoms with Gasteiger partial charge in [-0.25, -0.2) is 8.42 Å². The Balaban J connectivity index is 3.27. The SMILES string of the molecule is CCOc1ccc(Br)cc1C(NC)C(C)S(C)(=O)=O. The van der Waals surface area contributed by atoms with Gasteiger partial charge < -0.3 is 10.1 Å². The molecular formula is C13H20BrNO3S. The zero-order valence-corrected chi connectivity index (χ0v) is 14.0. The average Bonchev–Trinajstić information content (AvgIpc) is 2.32. The molecule has 0 aliphatic rings. The molecule has 4 nitrogen and oxygen atoms in total. The molecule has 1 N–H and O–H groups in total. The molecule has 0 amide bonds. The highest BCUT2D eigenvalue weighted by Gasteiger charge is 2.28.